The number of nitrogens with two attached hydrogens (primary N) is 1. The van der Waals surface area contributed by atoms with Gasteiger partial charge in [0, 0.05) is 6.04 Å². The van der Waals surface area contributed by atoms with Gasteiger partial charge in [0.1, 0.15) is 18.6 Å². The van der Waals surface area contributed by atoms with Crippen molar-refractivity contribution in [2.24, 2.45) is 5.73 Å². The Hall–Kier alpha value is -1.82. The predicted molar refractivity (Wildman–Crippen MR) is 62.9 cm³/mol. The van der Waals surface area contributed by atoms with E-state index in [-0.39, 0.29) is 25.0 Å². The Morgan fingerprint density at radius 3 is 2.67 bits per heavy atom. The molecule has 0 spiro atoms. The Balaban J connectivity index is 2.13. The summed E-state index contributed by atoms with van der Waals surface area (Å²) in [6.45, 7) is -0.0533. The highest BCUT2D eigenvalue weighted by molar-refractivity contribution is 5.96. The summed E-state index contributed by atoms with van der Waals surface area (Å²) >= 11 is 0. The summed E-state index contributed by atoms with van der Waals surface area (Å²) in [5.74, 6) is -0.787. The topological polar surface area (TPSA) is 96.8 Å². The van der Waals surface area contributed by atoms with Gasteiger partial charge in [0.2, 0.25) is 0 Å². The Morgan fingerprint density at radius 2 is 2.22 bits per heavy atom. The summed E-state index contributed by atoms with van der Waals surface area (Å²) in [6.07, 6.45) is 4.09. The number of nitrogens with zero attached hydrogens (tertiary/aromatic N) is 1. The largest absolute Gasteiger partial charge is 0.480 e. The zero-order chi connectivity index (χ0) is 13.1. The molecule has 1 saturated carbocycles. The van der Waals surface area contributed by atoms with Crippen LogP contribution >= 0.6 is 0 Å². The molecule has 0 aliphatic heterocycles. The third-order valence-electron chi connectivity index (χ3n) is 3.18. The molecule has 3 N–H and O–H groups in total. The standard InChI is InChI=1S/C12H16N2O4/c13-5-10-4-8(7-18-10)12(17)14(6-11(15)16)9-2-1-3-9/h4,7,9H,1-3,5-6,13H2,(H,15,16). The van der Waals surface area contributed by atoms with Crippen LogP contribution in [0.2, 0.25) is 0 Å². The fraction of sp³-hybridized carbons (Fsp3) is 0.500. The van der Waals surface area contributed by atoms with Gasteiger partial charge in [-0.2, -0.15) is 0 Å². The fourth-order valence-electron chi connectivity index (χ4n) is 1.98. The quantitative estimate of drug-likeness (QED) is 0.808. The number of amides is 1. The minimum atomic E-state index is -1.00. The highest BCUT2D eigenvalue weighted by Gasteiger charge is 2.31. The summed E-state index contributed by atoms with van der Waals surface area (Å²) in [5.41, 5.74) is 5.77. The molecular formula is C12H16N2O4. The highest BCUT2D eigenvalue weighted by Crippen LogP contribution is 2.26. The van der Waals surface area contributed by atoms with Crippen LogP contribution in [-0.4, -0.2) is 34.5 Å². The van der Waals surface area contributed by atoms with Crippen LogP contribution < -0.4 is 5.73 Å². The third-order valence-corrected chi connectivity index (χ3v) is 3.18. The molecule has 1 fully saturated rings. The average molecular weight is 252 g/mol. The maximum atomic E-state index is 12.2. The molecule has 1 aliphatic carbocycles. The zero-order valence-electron chi connectivity index (χ0n) is 9.96. The number of carboxylic acid groups (broad SMARTS) is 1. The van der Waals surface area contributed by atoms with Gasteiger partial charge in [0.15, 0.2) is 0 Å². The van der Waals surface area contributed by atoms with E-state index >= 15 is 0 Å². The second-order valence-electron chi connectivity index (χ2n) is 4.42. The van der Waals surface area contributed by atoms with Crippen LogP contribution in [0.4, 0.5) is 0 Å². The maximum Gasteiger partial charge on any atom is 0.323 e. The molecule has 1 aliphatic rings. The van der Waals surface area contributed by atoms with Crippen molar-refractivity contribution in [3.05, 3.63) is 23.7 Å². The van der Waals surface area contributed by atoms with Gasteiger partial charge < -0.3 is 20.2 Å². The molecule has 18 heavy (non-hydrogen) atoms. The van der Waals surface area contributed by atoms with E-state index in [2.05, 4.69) is 0 Å². The van der Waals surface area contributed by atoms with Crippen LogP contribution in [0.3, 0.4) is 0 Å². The smallest absolute Gasteiger partial charge is 0.323 e. The molecule has 1 heterocycles. The molecule has 2 rings (SSSR count). The molecule has 0 unspecified atom stereocenters. The number of hydrogen-bond donors (Lipinski definition) is 2. The number of carboxylic acids is 1. The summed E-state index contributed by atoms with van der Waals surface area (Å²) in [6, 6.07) is 1.60. The van der Waals surface area contributed by atoms with E-state index in [0.717, 1.165) is 19.3 Å². The van der Waals surface area contributed by atoms with Gasteiger partial charge in [-0.3, -0.25) is 9.59 Å². The molecule has 1 amide bonds. The molecule has 0 bridgehead atoms. The van der Waals surface area contributed by atoms with Crippen molar-refractivity contribution in [1.82, 2.24) is 4.90 Å². The molecule has 0 aromatic carbocycles. The number of rotatable bonds is 5. The second-order valence-corrected chi connectivity index (χ2v) is 4.42. The van der Waals surface area contributed by atoms with Crippen LogP contribution in [0, 0.1) is 0 Å². The summed E-state index contributed by atoms with van der Waals surface area (Å²) in [5, 5.41) is 8.86. The van der Waals surface area contributed by atoms with Gasteiger partial charge >= 0.3 is 5.97 Å². The van der Waals surface area contributed by atoms with Gasteiger partial charge in [-0.25, -0.2) is 0 Å². The van der Waals surface area contributed by atoms with Crippen molar-refractivity contribution in [3.8, 4) is 0 Å². The fourth-order valence-corrected chi connectivity index (χ4v) is 1.98. The lowest BCUT2D eigenvalue weighted by molar-refractivity contribution is -0.138. The molecule has 0 atom stereocenters. The van der Waals surface area contributed by atoms with E-state index in [4.69, 9.17) is 15.3 Å². The summed E-state index contributed by atoms with van der Waals surface area (Å²) in [4.78, 5) is 24.4. The second kappa shape index (κ2) is 5.22. The Labute approximate surface area is 104 Å². The lowest BCUT2D eigenvalue weighted by Crippen LogP contribution is -2.46. The lowest BCUT2D eigenvalue weighted by Gasteiger charge is -2.36. The normalized spacial score (nSPS) is 15.2. The predicted octanol–water partition coefficient (Wildman–Crippen LogP) is 0.818. The number of hydrogen-bond acceptors (Lipinski definition) is 4. The molecule has 1 aromatic rings. The number of carbonyl (C=O) groups is 2. The minimum absolute atomic E-state index is 0.0322. The van der Waals surface area contributed by atoms with Crippen LogP contribution in [-0.2, 0) is 11.3 Å². The molecule has 98 valence electrons. The summed E-state index contributed by atoms with van der Waals surface area (Å²) < 4.78 is 5.10. The first kappa shape index (κ1) is 12.6. The molecular weight excluding hydrogens is 236 g/mol. The van der Waals surface area contributed by atoms with Crippen molar-refractivity contribution >= 4 is 11.9 Å². The minimum Gasteiger partial charge on any atom is -0.480 e. The Morgan fingerprint density at radius 1 is 1.50 bits per heavy atom. The Kier molecular flexibility index (Phi) is 3.66. The third kappa shape index (κ3) is 2.53. The monoisotopic (exact) mass is 252 g/mol. The first-order valence-corrected chi connectivity index (χ1v) is 5.92. The first-order valence-electron chi connectivity index (χ1n) is 5.92. The van der Waals surface area contributed by atoms with Gasteiger partial charge in [-0.1, -0.05) is 0 Å². The number of furan rings is 1. The van der Waals surface area contributed by atoms with E-state index in [0.29, 0.717) is 11.3 Å². The summed E-state index contributed by atoms with van der Waals surface area (Å²) in [7, 11) is 0. The van der Waals surface area contributed by atoms with Gasteiger partial charge in [0.25, 0.3) is 5.91 Å². The maximum absolute atomic E-state index is 12.2. The molecule has 0 radical (unpaired) electrons. The van der Waals surface area contributed by atoms with E-state index in [1.165, 1.54) is 11.2 Å². The van der Waals surface area contributed by atoms with Crippen LogP contribution in [0.25, 0.3) is 0 Å². The van der Waals surface area contributed by atoms with E-state index in [1.807, 2.05) is 0 Å². The highest BCUT2D eigenvalue weighted by atomic mass is 16.4. The van der Waals surface area contributed by atoms with Crippen LogP contribution in [0.5, 0.6) is 0 Å². The van der Waals surface area contributed by atoms with Crippen LogP contribution in [0.15, 0.2) is 16.7 Å². The first-order chi connectivity index (χ1) is 8.61. The van der Waals surface area contributed by atoms with Gasteiger partial charge in [-0.05, 0) is 25.3 Å². The van der Waals surface area contributed by atoms with Crippen LogP contribution in [0.1, 0.15) is 35.4 Å². The SMILES string of the molecule is NCc1cc(C(=O)N(CC(=O)O)C2CCC2)co1. The van der Waals surface area contributed by atoms with E-state index in [9.17, 15) is 9.59 Å². The molecule has 1 aromatic heterocycles. The number of aliphatic carboxylic acids is 1. The van der Waals surface area contributed by atoms with E-state index < -0.39 is 5.97 Å². The van der Waals surface area contributed by atoms with Crippen molar-refractivity contribution in [2.45, 2.75) is 31.8 Å². The Bertz CT molecular complexity index is 451. The molecule has 6 nitrogen and oxygen atoms in total. The van der Waals surface area contributed by atoms with Gasteiger partial charge in [-0.15, -0.1) is 0 Å². The van der Waals surface area contributed by atoms with Gasteiger partial charge in [0.05, 0.1) is 12.1 Å². The molecule has 6 heteroatoms. The van der Waals surface area contributed by atoms with Crippen molar-refractivity contribution < 1.29 is 19.1 Å². The van der Waals surface area contributed by atoms with Crippen molar-refractivity contribution in [2.75, 3.05) is 6.54 Å². The lowest BCUT2D eigenvalue weighted by atomic mass is 9.91. The van der Waals surface area contributed by atoms with E-state index in [1.54, 1.807) is 6.07 Å². The number of carbonyl (C=O) groups excluding carboxylic acids is 1. The van der Waals surface area contributed by atoms with Crippen molar-refractivity contribution in [1.29, 1.82) is 0 Å². The molecule has 0 saturated heterocycles. The zero-order valence-corrected chi connectivity index (χ0v) is 9.96. The average Bonchev–Trinajstić information content (AvgIpc) is 2.72. The van der Waals surface area contributed by atoms with Crippen molar-refractivity contribution in [3.63, 3.8) is 0 Å².